The Hall–Kier alpha value is -1.35. The van der Waals surface area contributed by atoms with Gasteiger partial charge in [-0.05, 0) is 12.5 Å². The third-order valence-electron chi connectivity index (χ3n) is 2.06. The molecule has 0 N–H and O–H groups in total. The summed E-state index contributed by atoms with van der Waals surface area (Å²) in [6.07, 6.45) is 0. The molecule has 81 valence electrons. The van der Waals surface area contributed by atoms with Crippen molar-refractivity contribution in [1.29, 1.82) is 0 Å². The average Bonchev–Trinajstić information content (AvgIpc) is 2.27. The number of amides is 1. The summed E-state index contributed by atoms with van der Waals surface area (Å²) < 4.78 is 4.95. The van der Waals surface area contributed by atoms with Gasteiger partial charge in [0.05, 0.1) is 0 Å². The van der Waals surface area contributed by atoms with Gasteiger partial charge in [-0.1, -0.05) is 30.3 Å². The summed E-state index contributed by atoms with van der Waals surface area (Å²) in [6.45, 7) is 4.55. The predicted molar refractivity (Wildman–Crippen MR) is 59.1 cm³/mol. The number of likely N-dealkylation sites (N-methyl/N-ethyl adjacent to an activating group) is 1. The standard InChI is InChI=1S/C12H16NO2/c1-3-15-10-12(14)13(2)9-11-7-5-4-6-8-11/h4-8H,1,3,9-10H2,2H3. The molecule has 0 spiro atoms. The highest BCUT2D eigenvalue weighted by molar-refractivity contribution is 5.77. The van der Waals surface area contributed by atoms with E-state index in [1.54, 1.807) is 11.9 Å². The van der Waals surface area contributed by atoms with Crippen LogP contribution in [0.15, 0.2) is 30.3 Å². The molecule has 0 heterocycles. The van der Waals surface area contributed by atoms with Crippen LogP contribution in [0.25, 0.3) is 0 Å². The quantitative estimate of drug-likeness (QED) is 0.730. The molecule has 0 aromatic heterocycles. The molecule has 0 fully saturated rings. The van der Waals surface area contributed by atoms with E-state index in [4.69, 9.17) is 4.74 Å². The smallest absolute Gasteiger partial charge is 0.248 e. The monoisotopic (exact) mass is 206 g/mol. The second kappa shape index (κ2) is 6.19. The molecular formula is C12H16NO2. The van der Waals surface area contributed by atoms with Crippen molar-refractivity contribution in [2.45, 2.75) is 6.54 Å². The van der Waals surface area contributed by atoms with Crippen molar-refractivity contribution in [3.8, 4) is 0 Å². The second-order valence-corrected chi connectivity index (χ2v) is 3.29. The summed E-state index contributed by atoms with van der Waals surface area (Å²) in [6, 6.07) is 9.86. The Bertz CT molecular complexity index is 298. The Balaban J connectivity index is 2.41. The predicted octanol–water partition coefficient (Wildman–Crippen LogP) is 1.50. The lowest BCUT2D eigenvalue weighted by Crippen LogP contribution is -2.29. The van der Waals surface area contributed by atoms with E-state index < -0.39 is 0 Å². The van der Waals surface area contributed by atoms with E-state index in [0.29, 0.717) is 13.2 Å². The first-order valence-electron chi connectivity index (χ1n) is 4.89. The Morgan fingerprint density at radius 2 is 2.07 bits per heavy atom. The molecular weight excluding hydrogens is 190 g/mol. The highest BCUT2D eigenvalue weighted by atomic mass is 16.5. The van der Waals surface area contributed by atoms with Gasteiger partial charge in [0.25, 0.3) is 0 Å². The van der Waals surface area contributed by atoms with Crippen LogP contribution in [-0.4, -0.2) is 31.1 Å². The van der Waals surface area contributed by atoms with Crippen LogP contribution in [-0.2, 0) is 16.1 Å². The number of benzene rings is 1. The third kappa shape index (κ3) is 4.13. The SMILES string of the molecule is [CH2]COCC(=O)N(C)Cc1ccccc1. The molecule has 0 saturated carbocycles. The van der Waals surface area contributed by atoms with Gasteiger partial charge in [0.2, 0.25) is 5.91 Å². The normalized spacial score (nSPS) is 10.0. The summed E-state index contributed by atoms with van der Waals surface area (Å²) in [5.41, 5.74) is 1.11. The van der Waals surface area contributed by atoms with Gasteiger partial charge in [0, 0.05) is 20.2 Å². The van der Waals surface area contributed by atoms with Crippen LogP contribution in [0.5, 0.6) is 0 Å². The molecule has 1 aromatic carbocycles. The third-order valence-corrected chi connectivity index (χ3v) is 2.06. The molecule has 1 radical (unpaired) electrons. The largest absolute Gasteiger partial charge is 0.372 e. The molecule has 1 amide bonds. The number of hydrogen-bond donors (Lipinski definition) is 0. The topological polar surface area (TPSA) is 29.5 Å². The van der Waals surface area contributed by atoms with E-state index in [9.17, 15) is 4.79 Å². The van der Waals surface area contributed by atoms with Gasteiger partial charge in [0.15, 0.2) is 0 Å². The van der Waals surface area contributed by atoms with Crippen molar-refractivity contribution < 1.29 is 9.53 Å². The van der Waals surface area contributed by atoms with E-state index in [0.717, 1.165) is 5.56 Å². The van der Waals surface area contributed by atoms with Crippen LogP contribution in [0.1, 0.15) is 5.56 Å². The minimum atomic E-state index is -0.0255. The molecule has 0 bridgehead atoms. The molecule has 0 saturated heterocycles. The molecule has 0 unspecified atom stereocenters. The number of rotatable bonds is 5. The van der Waals surface area contributed by atoms with Crippen LogP contribution < -0.4 is 0 Å². The lowest BCUT2D eigenvalue weighted by atomic mass is 10.2. The fourth-order valence-corrected chi connectivity index (χ4v) is 1.22. The Morgan fingerprint density at radius 3 is 2.67 bits per heavy atom. The molecule has 3 heteroatoms. The molecule has 0 aliphatic heterocycles. The van der Waals surface area contributed by atoms with Gasteiger partial charge < -0.3 is 9.64 Å². The highest BCUT2D eigenvalue weighted by Gasteiger charge is 2.08. The van der Waals surface area contributed by atoms with Gasteiger partial charge >= 0.3 is 0 Å². The first-order chi connectivity index (χ1) is 7.24. The van der Waals surface area contributed by atoms with Gasteiger partial charge in [0.1, 0.15) is 6.61 Å². The highest BCUT2D eigenvalue weighted by Crippen LogP contribution is 2.02. The summed E-state index contributed by atoms with van der Waals surface area (Å²) in [5, 5.41) is 0. The van der Waals surface area contributed by atoms with Gasteiger partial charge in [-0.3, -0.25) is 4.79 Å². The summed E-state index contributed by atoms with van der Waals surface area (Å²) in [5.74, 6) is -0.0255. The van der Waals surface area contributed by atoms with Gasteiger partial charge in [-0.2, -0.15) is 0 Å². The maximum atomic E-state index is 11.5. The zero-order valence-corrected chi connectivity index (χ0v) is 8.98. The van der Waals surface area contributed by atoms with Crippen molar-refractivity contribution in [2.24, 2.45) is 0 Å². The van der Waals surface area contributed by atoms with Crippen molar-refractivity contribution in [1.82, 2.24) is 4.90 Å². The van der Waals surface area contributed by atoms with Gasteiger partial charge in [-0.25, -0.2) is 0 Å². The van der Waals surface area contributed by atoms with Crippen LogP contribution >= 0.6 is 0 Å². The number of carbonyl (C=O) groups is 1. The van der Waals surface area contributed by atoms with E-state index >= 15 is 0 Å². The van der Waals surface area contributed by atoms with E-state index in [1.165, 1.54) is 0 Å². The van der Waals surface area contributed by atoms with E-state index in [1.807, 2.05) is 30.3 Å². The molecule has 1 aromatic rings. The zero-order chi connectivity index (χ0) is 11.1. The Kier molecular flexibility index (Phi) is 4.84. The van der Waals surface area contributed by atoms with E-state index in [2.05, 4.69) is 6.92 Å². The number of carbonyl (C=O) groups excluding carboxylic acids is 1. The summed E-state index contributed by atoms with van der Waals surface area (Å²) in [7, 11) is 1.77. The molecule has 15 heavy (non-hydrogen) atoms. The molecule has 0 atom stereocenters. The minimum Gasteiger partial charge on any atom is -0.372 e. The Labute approximate surface area is 90.7 Å². The van der Waals surface area contributed by atoms with Crippen LogP contribution in [0, 0.1) is 6.92 Å². The van der Waals surface area contributed by atoms with Crippen LogP contribution in [0.2, 0.25) is 0 Å². The lowest BCUT2D eigenvalue weighted by molar-refractivity contribution is -0.134. The maximum Gasteiger partial charge on any atom is 0.248 e. The van der Waals surface area contributed by atoms with E-state index in [-0.39, 0.29) is 12.5 Å². The fraction of sp³-hybridized carbons (Fsp3) is 0.333. The van der Waals surface area contributed by atoms with Gasteiger partial charge in [-0.15, -0.1) is 0 Å². The maximum absolute atomic E-state index is 11.5. The van der Waals surface area contributed by atoms with Crippen molar-refractivity contribution in [2.75, 3.05) is 20.3 Å². The number of nitrogens with zero attached hydrogens (tertiary/aromatic N) is 1. The minimum absolute atomic E-state index is 0.0255. The summed E-state index contributed by atoms with van der Waals surface area (Å²) in [4.78, 5) is 13.1. The first-order valence-corrected chi connectivity index (χ1v) is 4.89. The second-order valence-electron chi connectivity index (χ2n) is 3.29. The molecule has 0 aliphatic rings. The summed E-state index contributed by atoms with van der Waals surface area (Å²) >= 11 is 0. The number of hydrogen-bond acceptors (Lipinski definition) is 2. The fourth-order valence-electron chi connectivity index (χ4n) is 1.22. The zero-order valence-electron chi connectivity index (χ0n) is 8.98. The Morgan fingerprint density at radius 1 is 1.40 bits per heavy atom. The lowest BCUT2D eigenvalue weighted by Gasteiger charge is -2.16. The molecule has 1 rings (SSSR count). The first kappa shape index (κ1) is 11.7. The molecule has 3 nitrogen and oxygen atoms in total. The van der Waals surface area contributed by atoms with Crippen LogP contribution in [0.4, 0.5) is 0 Å². The molecule has 0 aliphatic carbocycles. The average molecular weight is 206 g/mol. The van der Waals surface area contributed by atoms with Crippen molar-refractivity contribution in [3.63, 3.8) is 0 Å². The van der Waals surface area contributed by atoms with Crippen LogP contribution in [0.3, 0.4) is 0 Å². The van der Waals surface area contributed by atoms with Crippen molar-refractivity contribution in [3.05, 3.63) is 42.8 Å². The number of ether oxygens (including phenoxy) is 1. The van der Waals surface area contributed by atoms with Crippen molar-refractivity contribution >= 4 is 5.91 Å².